The van der Waals surface area contributed by atoms with Gasteiger partial charge in [0.05, 0.1) is 0 Å². The van der Waals surface area contributed by atoms with Crippen molar-refractivity contribution < 1.29 is 0 Å². The molecule has 0 aliphatic carbocycles. The largest absolute Gasteiger partial charge is 0.389 e. The van der Waals surface area contributed by atoms with Crippen LogP contribution in [0.2, 0.25) is 0 Å². The van der Waals surface area contributed by atoms with E-state index in [-0.39, 0.29) is 0 Å². The molecule has 2 aliphatic heterocycles. The van der Waals surface area contributed by atoms with Crippen LogP contribution in [0, 0.1) is 0 Å². The summed E-state index contributed by atoms with van der Waals surface area (Å²) in [6, 6.07) is 9.13. The van der Waals surface area contributed by atoms with Crippen LogP contribution in [-0.4, -0.2) is 42.1 Å². The molecule has 0 radical (unpaired) electrons. The summed E-state index contributed by atoms with van der Waals surface area (Å²) < 4.78 is 0. The van der Waals surface area contributed by atoms with Crippen molar-refractivity contribution in [2.75, 3.05) is 31.1 Å². The number of benzene rings is 1. The molecule has 2 aliphatic rings. The third kappa shape index (κ3) is 2.74. The number of rotatable bonds is 2. The van der Waals surface area contributed by atoms with Crippen LogP contribution < -0.4 is 10.6 Å². The van der Waals surface area contributed by atoms with Gasteiger partial charge < -0.3 is 10.6 Å². The smallest absolute Gasteiger partial charge is 0.103 e. The Kier molecular flexibility index (Phi) is 3.71. The molecule has 1 aromatic carbocycles. The minimum atomic E-state index is 0.476. The van der Waals surface area contributed by atoms with Crippen molar-refractivity contribution in [2.24, 2.45) is 5.73 Å². The fourth-order valence-electron chi connectivity index (χ4n) is 3.28. The number of hydrogen-bond donors (Lipinski definition) is 1. The first-order chi connectivity index (χ1) is 9.24. The van der Waals surface area contributed by atoms with Crippen LogP contribution in [0.25, 0.3) is 0 Å². The zero-order valence-electron chi connectivity index (χ0n) is 11.2. The van der Waals surface area contributed by atoms with E-state index in [1.54, 1.807) is 0 Å². The first-order valence-electron chi connectivity index (χ1n) is 7.13. The molecule has 1 aromatic rings. The molecule has 0 bridgehead atoms. The van der Waals surface area contributed by atoms with Crippen molar-refractivity contribution in [2.45, 2.75) is 25.3 Å². The molecule has 2 saturated heterocycles. The monoisotopic (exact) mass is 275 g/mol. The number of anilines is 1. The third-order valence-corrected chi connectivity index (χ3v) is 4.56. The first-order valence-corrected chi connectivity index (χ1v) is 7.54. The van der Waals surface area contributed by atoms with Gasteiger partial charge >= 0.3 is 0 Å². The number of hydrogen-bond acceptors (Lipinski definition) is 3. The van der Waals surface area contributed by atoms with E-state index >= 15 is 0 Å². The summed E-state index contributed by atoms with van der Waals surface area (Å²) in [6.45, 7) is 4.86. The summed E-state index contributed by atoms with van der Waals surface area (Å²) in [5, 5.41) is 0. The van der Waals surface area contributed by atoms with Gasteiger partial charge in [-0.2, -0.15) is 0 Å². The molecule has 0 spiro atoms. The molecule has 102 valence electrons. The van der Waals surface area contributed by atoms with Crippen LogP contribution in [0.5, 0.6) is 0 Å². The lowest BCUT2D eigenvalue weighted by Gasteiger charge is -2.27. The van der Waals surface area contributed by atoms with Gasteiger partial charge in [0.1, 0.15) is 4.99 Å². The predicted octanol–water partition coefficient (Wildman–Crippen LogP) is 2.00. The highest BCUT2D eigenvalue weighted by atomic mass is 32.1. The molecule has 1 unspecified atom stereocenters. The minimum absolute atomic E-state index is 0.476. The van der Waals surface area contributed by atoms with Gasteiger partial charge in [-0.1, -0.05) is 12.2 Å². The predicted molar refractivity (Wildman–Crippen MR) is 83.8 cm³/mol. The van der Waals surface area contributed by atoms with Crippen LogP contribution in [-0.2, 0) is 0 Å². The second-order valence-corrected chi connectivity index (χ2v) is 5.98. The van der Waals surface area contributed by atoms with E-state index in [0.29, 0.717) is 4.99 Å². The van der Waals surface area contributed by atoms with Crippen molar-refractivity contribution in [3.05, 3.63) is 29.8 Å². The number of fused-ring (bicyclic) bond motifs is 1. The second kappa shape index (κ2) is 5.47. The van der Waals surface area contributed by atoms with E-state index in [1.165, 1.54) is 38.0 Å². The molecule has 4 heteroatoms. The van der Waals surface area contributed by atoms with Crippen molar-refractivity contribution in [1.82, 2.24) is 4.90 Å². The summed E-state index contributed by atoms with van der Waals surface area (Å²) in [6.07, 6.45) is 3.97. The maximum absolute atomic E-state index is 5.65. The highest BCUT2D eigenvalue weighted by Crippen LogP contribution is 2.25. The lowest BCUT2D eigenvalue weighted by Crippen LogP contribution is -2.36. The number of nitrogens with two attached hydrogens (primary N) is 1. The van der Waals surface area contributed by atoms with E-state index in [1.807, 2.05) is 12.1 Å². The zero-order chi connectivity index (χ0) is 13.2. The van der Waals surface area contributed by atoms with Crippen LogP contribution in [0.15, 0.2) is 24.3 Å². The maximum Gasteiger partial charge on any atom is 0.103 e. The molecule has 19 heavy (non-hydrogen) atoms. The SMILES string of the molecule is NC(=S)c1ccc(N2CCCN3CCCC3C2)cc1. The maximum atomic E-state index is 5.65. The molecular formula is C15H21N3S. The quantitative estimate of drug-likeness (QED) is 0.837. The van der Waals surface area contributed by atoms with Crippen molar-refractivity contribution in [3.63, 3.8) is 0 Å². The summed E-state index contributed by atoms with van der Waals surface area (Å²) in [5.74, 6) is 0. The molecule has 2 heterocycles. The first kappa shape index (κ1) is 12.9. The van der Waals surface area contributed by atoms with E-state index in [0.717, 1.165) is 24.7 Å². The van der Waals surface area contributed by atoms with Gasteiger partial charge in [0.25, 0.3) is 0 Å². The molecule has 1 atom stereocenters. The van der Waals surface area contributed by atoms with E-state index < -0.39 is 0 Å². The highest BCUT2D eigenvalue weighted by Gasteiger charge is 2.28. The molecule has 3 rings (SSSR count). The third-order valence-electron chi connectivity index (χ3n) is 4.32. The van der Waals surface area contributed by atoms with Gasteiger partial charge in [-0.15, -0.1) is 0 Å². The fourth-order valence-corrected chi connectivity index (χ4v) is 3.41. The average molecular weight is 275 g/mol. The van der Waals surface area contributed by atoms with Gasteiger partial charge in [-0.25, -0.2) is 0 Å². The van der Waals surface area contributed by atoms with Gasteiger partial charge in [0.2, 0.25) is 0 Å². The standard InChI is InChI=1S/C15H21N3S/c16-15(19)12-4-6-13(7-5-12)18-10-2-9-17-8-1-3-14(17)11-18/h4-7,14H,1-3,8-11H2,(H2,16,19). The molecule has 2 fully saturated rings. The van der Waals surface area contributed by atoms with Gasteiger partial charge in [0.15, 0.2) is 0 Å². The topological polar surface area (TPSA) is 32.5 Å². The minimum Gasteiger partial charge on any atom is -0.389 e. The Hall–Kier alpha value is -1.13. The van der Waals surface area contributed by atoms with Crippen LogP contribution in [0.1, 0.15) is 24.8 Å². The zero-order valence-corrected chi connectivity index (χ0v) is 12.0. The van der Waals surface area contributed by atoms with Crippen LogP contribution in [0.4, 0.5) is 5.69 Å². The molecule has 3 nitrogen and oxygen atoms in total. The van der Waals surface area contributed by atoms with Crippen LogP contribution >= 0.6 is 12.2 Å². The second-order valence-electron chi connectivity index (χ2n) is 5.54. The number of nitrogens with zero attached hydrogens (tertiary/aromatic N) is 2. The van der Waals surface area contributed by atoms with Crippen molar-refractivity contribution in [3.8, 4) is 0 Å². The normalized spacial score (nSPS) is 24.0. The van der Waals surface area contributed by atoms with E-state index in [9.17, 15) is 0 Å². The van der Waals surface area contributed by atoms with Crippen LogP contribution in [0.3, 0.4) is 0 Å². The summed E-state index contributed by atoms with van der Waals surface area (Å²) in [7, 11) is 0. The van der Waals surface area contributed by atoms with E-state index in [2.05, 4.69) is 21.9 Å². The molecular weight excluding hydrogens is 254 g/mol. The molecule has 0 saturated carbocycles. The fraction of sp³-hybridized carbons (Fsp3) is 0.533. The highest BCUT2D eigenvalue weighted by molar-refractivity contribution is 7.80. The Bertz CT molecular complexity index is 457. The van der Waals surface area contributed by atoms with Gasteiger partial charge in [0, 0.05) is 36.9 Å². The van der Waals surface area contributed by atoms with Crippen molar-refractivity contribution >= 4 is 22.9 Å². The Labute approximate surface area is 120 Å². The van der Waals surface area contributed by atoms with Crippen molar-refractivity contribution in [1.29, 1.82) is 0 Å². The average Bonchev–Trinajstić information content (AvgIpc) is 2.76. The Morgan fingerprint density at radius 1 is 1.11 bits per heavy atom. The summed E-state index contributed by atoms with van der Waals surface area (Å²) in [5.41, 5.74) is 7.90. The lowest BCUT2D eigenvalue weighted by molar-refractivity contribution is 0.273. The summed E-state index contributed by atoms with van der Waals surface area (Å²) >= 11 is 5.00. The van der Waals surface area contributed by atoms with Gasteiger partial charge in [-0.3, -0.25) is 4.90 Å². The Morgan fingerprint density at radius 3 is 2.58 bits per heavy atom. The Balaban J connectivity index is 1.75. The molecule has 0 amide bonds. The lowest BCUT2D eigenvalue weighted by atomic mass is 10.1. The molecule has 2 N–H and O–H groups in total. The van der Waals surface area contributed by atoms with Gasteiger partial charge in [-0.05, 0) is 50.1 Å². The number of thiocarbonyl (C=S) groups is 1. The molecule has 0 aromatic heterocycles. The Morgan fingerprint density at radius 2 is 1.84 bits per heavy atom. The summed E-state index contributed by atoms with van der Waals surface area (Å²) in [4.78, 5) is 5.65. The van der Waals surface area contributed by atoms with E-state index in [4.69, 9.17) is 18.0 Å².